The monoisotopic (exact) mass is 382 g/mol. The summed E-state index contributed by atoms with van der Waals surface area (Å²) in [5, 5.41) is 2.91. The number of nitrogen functional groups attached to an aromatic ring is 1. The molecule has 0 saturated carbocycles. The van der Waals surface area contributed by atoms with E-state index in [9.17, 15) is 9.59 Å². The van der Waals surface area contributed by atoms with Gasteiger partial charge >= 0.3 is 0 Å². The molecule has 0 bridgehead atoms. The van der Waals surface area contributed by atoms with Gasteiger partial charge in [-0.05, 0) is 43.5 Å². The van der Waals surface area contributed by atoms with Crippen molar-refractivity contribution in [3.8, 4) is 11.5 Å². The summed E-state index contributed by atoms with van der Waals surface area (Å²) in [4.78, 5) is 24.2. The molecule has 1 aliphatic rings. The number of fused-ring (bicyclic) bond motifs is 1. The highest BCUT2D eigenvalue weighted by atomic mass is 16.7. The molecule has 0 atom stereocenters. The number of carbonyl (C=O) groups is 2. The van der Waals surface area contributed by atoms with Gasteiger partial charge < -0.3 is 20.5 Å². The standard InChI is InChI=1S/C22H26N2O4/c1-15-6-8-16(9-7-15)22(26)24-12-4-2-3-5-18(25)13-17-10-11-19-21(20(17)23)28-14-27-19/h6-11H,2-5,12-14,23H2,1H3,(H,24,26). The minimum Gasteiger partial charge on any atom is -0.454 e. The Balaban J connectivity index is 1.33. The first kappa shape index (κ1) is 19.7. The molecule has 6 heteroatoms. The SMILES string of the molecule is Cc1ccc(C(=O)NCCCCCC(=O)Cc2ccc3c(c2N)OCO3)cc1. The summed E-state index contributed by atoms with van der Waals surface area (Å²) in [6.45, 7) is 2.76. The fraction of sp³-hybridized carbons (Fsp3) is 0.364. The summed E-state index contributed by atoms with van der Waals surface area (Å²) < 4.78 is 10.6. The fourth-order valence-corrected chi connectivity index (χ4v) is 3.12. The Kier molecular flexibility index (Phi) is 6.53. The molecule has 2 aromatic rings. The molecular formula is C22H26N2O4. The van der Waals surface area contributed by atoms with Crippen molar-refractivity contribution in [1.29, 1.82) is 0 Å². The van der Waals surface area contributed by atoms with E-state index in [1.807, 2.05) is 37.3 Å². The molecule has 0 saturated heterocycles. The van der Waals surface area contributed by atoms with E-state index < -0.39 is 0 Å². The van der Waals surface area contributed by atoms with E-state index in [-0.39, 0.29) is 18.5 Å². The van der Waals surface area contributed by atoms with Crippen LogP contribution in [0.4, 0.5) is 5.69 Å². The molecule has 3 N–H and O–H groups in total. The molecule has 0 aromatic heterocycles. The van der Waals surface area contributed by atoms with Crippen LogP contribution in [-0.4, -0.2) is 25.0 Å². The molecule has 0 unspecified atom stereocenters. The van der Waals surface area contributed by atoms with Crippen molar-refractivity contribution in [3.05, 3.63) is 53.1 Å². The number of Topliss-reactive ketones (excluding diaryl/α,β-unsaturated/α-hetero) is 1. The maximum Gasteiger partial charge on any atom is 0.251 e. The first-order valence-electron chi connectivity index (χ1n) is 9.58. The third kappa shape index (κ3) is 5.03. The van der Waals surface area contributed by atoms with Crippen molar-refractivity contribution < 1.29 is 19.1 Å². The van der Waals surface area contributed by atoms with Gasteiger partial charge in [-0.15, -0.1) is 0 Å². The van der Waals surface area contributed by atoms with Gasteiger partial charge in [-0.25, -0.2) is 0 Å². The number of aryl methyl sites for hydroxylation is 1. The van der Waals surface area contributed by atoms with E-state index in [0.29, 0.717) is 42.1 Å². The number of hydrogen-bond donors (Lipinski definition) is 2. The number of unbranched alkanes of at least 4 members (excludes halogenated alkanes) is 2. The Morgan fingerprint density at radius 2 is 1.82 bits per heavy atom. The molecule has 2 aromatic carbocycles. The maximum absolute atomic E-state index is 12.2. The average Bonchev–Trinajstić information content (AvgIpc) is 3.17. The lowest BCUT2D eigenvalue weighted by Crippen LogP contribution is -2.24. The van der Waals surface area contributed by atoms with Crippen LogP contribution in [0, 0.1) is 6.92 Å². The molecular weight excluding hydrogens is 356 g/mol. The number of nitrogens with one attached hydrogen (secondary N) is 1. The lowest BCUT2D eigenvalue weighted by molar-refractivity contribution is -0.118. The zero-order valence-electron chi connectivity index (χ0n) is 16.1. The van der Waals surface area contributed by atoms with Crippen LogP contribution in [0.15, 0.2) is 36.4 Å². The average molecular weight is 382 g/mol. The Labute approximate surface area is 165 Å². The minimum absolute atomic E-state index is 0.0608. The largest absolute Gasteiger partial charge is 0.454 e. The summed E-state index contributed by atoms with van der Waals surface area (Å²) >= 11 is 0. The lowest BCUT2D eigenvalue weighted by atomic mass is 10.0. The second-order valence-corrected chi connectivity index (χ2v) is 7.02. The van der Waals surface area contributed by atoms with Crippen LogP contribution in [0.25, 0.3) is 0 Å². The van der Waals surface area contributed by atoms with Crippen molar-refractivity contribution in [2.45, 2.75) is 39.0 Å². The van der Waals surface area contributed by atoms with Gasteiger partial charge in [-0.3, -0.25) is 9.59 Å². The highest BCUT2D eigenvalue weighted by Crippen LogP contribution is 2.39. The number of amides is 1. The highest BCUT2D eigenvalue weighted by Gasteiger charge is 2.19. The molecule has 148 valence electrons. The van der Waals surface area contributed by atoms with Gasteiger partial charge in [0.2, 0.25) is 6.79 Å². The first-order chi connectivity index (χ1) is 13.5. The fourth-order valence-electron chi connectivity index (χ4n) is 3.12. The quantitative estimate of drug-likeness (QED) is 0.512. The topological polar surface area (TPSA) is 90.7 Å². The van der Waals surface area contributed by atoms with Gasteiger partial charge in [-0.2, -0.15) is 0 Å². The first-order valence-corrected chi connectivity index (χ1v) is 9.58. The summed E-state index contributed by atoms with van der Waals surface area (Å²) in [6.07, 6.45) is 3.32. The van der Waals surface area contributed by atoms with Crippen molar-refractivity contribution in [2.24, 2.45) is 0 Å². The predicted octanol–water partition coefficient (Wildman–Crippen LogP) is 3.41. The smallest absolute Gasteiger partial charge is 0.251 e. The Morgan fingerprint density at radius 1 is 1.04 bits per heavy atom. The van der Waals surface area contributed by atoms with Gasteiger partial charge in [0.1, 0.15) is 5.78 Å². The molecule has 28 heavy (non-hydrogen) atoms. The zero-order chi connectivity index (χ0) is 19.9. The molecule has 3 rings (SSSR count). The van der Waals surface area contributed by atoms with Crippen LogP contribution in [-0.2, 0) is 11.2 Å². The minimum atomic E-state index is -0.0608. The number of anilines is 1. The van der Waals surface area contributed by atoms with Crippen LogP contribution in [0.3, 0.4) is 0 Å². The number of ketones is 1. The Bertz CT molecular complexity index is 846. The normalized spacial score (nSPS) is 12.0. The number of carbonyl (C=O) groups excluding carboxylic acids is 2. The molecule has 0 fully saturated rings. The van der Waals surface area contributed by atoms with E-state index in [1.165, 1.54) is 0 Å². The predicted molar refractivity (Wildman–Crippen MR) is 108 cm³/mol. The van der Waals surface area contributed by atoms with Crippen molar-refractivity contribution in [1.82, 2.24) is 5.32 Å². The number of hydrogen-bond acceptors (Lipinski definition) is 5. The van der Waals surface area contributed by atoms with Gasteiger partial charge in [0.15, 0.2) is 11.5 Å². The van der Waals surface area contributed by atoms with Crippen LogP contribution in [0.5, 0.6) is 11.5 Å². The van der Waals surface area contributed by atoms with Gasteiger partial charge in [0, 0.05) is 24.9 Å². The van der Waals surface area contributed by atoms with E-state index in [0.717, 1.165) is 30.4 Å². The van der Waals surface area contributed by atoms with Crippen molar-refractivity contribution in [3.63, 3.8) is 0 Å². The number of benzene rings is 2. The molecule has 6 nitrogen and oxygen atoms in total. The summed E-state index contributed by atoms with van der Waals surface area (Å²) in [6, 6.07) is 11.1. The van der Waals surface area contributed by atoms with Gasteiger partial charge in [0.25, 0.3) is 5.91 Å². The van der Waals surface area contributed by atoms with Crippen LogP contribution < -0.4 is 20.5 Å². The zero-order valence-corrected chi connectivity index (χ0v) is 16.1. The summed E-state index contributed by atoms with van der Waals surface area (Å²) in [5.41, 5.74) is 9.13. The lowest BCUT2D eigenvalue weighted by Gasteiger charge is -2.08. The maximum atomic E-state index is 12.2. The van der Waals surface area contributed by atoms with Gasteiger partial charge in [0.05, 0.1) is 5.69 Å². The second kappa shape index (κ2) is 9.26. The molecule has 1 aliphatic heterocycles. The van der Waals surface area contributed by atoms with Crippen LogP contribution in [0.2, 0.25) is 0 Å². The highest BCUT2D eigenvalue weighted by molar-refractivity contribution is 5.94. The molecule has 0 radical (unpaired) electrons. The van der Waals surface area contributed by atoms with Crippen LogP contribution in [0.1, 0.15) is 47.2 Å². The number of ether oxygens (including phenoxy) is 2. The van der Waals surface area contributed by atoms with E-state index in [1.54, 1.807) is 6.07 Å². The number of rotatable bonds is 9. The van der Waals surface area contributed by atoms with E-state index in [4.69, 9.17) is 15.2 Å². The third-order valence-corrected chi connectivity index (χ3v) is 4.79. The van der Waals surface area contributed by atoms with E-state index >= 15 is 0 Å². The van der Waals surface area contributed by atoms with Gasteiger partial charge in [-0.1, -0.05) is 30.2 Å². The third-order valence-electron chi connectivity index (χ3n) is 4.79. The Morgan fingerprint density at radius 3 is 2.61 bits per heavy atom. The molecule has 1 heterocycles. The second-order valence-electron chi connectivity index (χ2n) is 7.02. The van der Waals surface area contributed by atoms with Crippen LogP contribution >= 0.6 is 0 Å². The number of nitrogens with two attached hydrogens (primary N) is 1. The van der Waals surface area contributed by atoms with E-state index in [2.05, 4.69) is 5.32 Å². The molecule has 0 aliphatic carbocycles. The molecule has 1 amide bonds. The molecule has 0 spiro atoms. The Hall–Kier alpha value is -3.02. The summed E-state index contributed by atoms with van der Waals surface area (Å²) in [5.74, 6) is 1.25. The van der Waals surface area contributed by atoms with Crippen molar-refractivity contribution >= 4 is 17.4 Å². The summed E-state index contributed by atoms with van der Waals surface area (Å²) in [7, 11) is 0. The van der Waals surface area contributed by atoms with Crippen molar-refractivity contribution in [2.75, 3.05) is 19.1 Å².